The molecule has 3 rings (SSSR count). The molecule has 0 radical (unpaired) electrons. The molecule has 10 heteroatoms. The molecular formula is C21H22F3NO5S. The first-order chi connectivity index (χ1) is 14.4. The van der Waals surface area contributed by atoms with Gasteiger partial charge >= 0.3 is 6.36 Å². The summed E-state index contributed by atoms with van der Waals surface area (Å²) < 4.78 is 64.1. The molecule has 2 N–H and O–H groups in total. The van der Waals surface area contributed by atoms with Gasteiger partial charge in [-0.2, -0.15) is 0 Å². The molecule has 0 heterocycles. The lowest BCUT2D eigenvalue weighted by molar-refractivity contribution is -0.274. The number of anilines is 1. The average molecular weight is 457 g/mol. The number of rotatable bonds is 5. The number of hydrogen-bond acceptors (Lipinski definition) is 5. The quantitative estimate of drug-likeness (QED) is 0.640. The molecule has 0 bridgehead atoms. The molecule has 0 atom stereocenters. The van der Waals surface area contributed by atoms with Crippen LogP contribution in [0.15, 0.2) is 47.4 Å². The number of phenols is 1. The monoisotopic (exact) mass is 457 g/mol. The minimum atomic E-state index is -4.73. The fourth-order valence-corrected chi connectivity index (χ4v) is 4.55. The second-order valence-corrected chi connectivity index (χ2v) is 9.59. The zero-order chi connectivity index (χ0) is 22.8. The van der Waals surface area contributed by atoms with Gasteiger partial charge in [0.05, 0.1) is 0 Å². The van der Waals surface area contributed by atoms with Crippen LogP contribution in [0.25, 0.3) is 0 Å². The van der Waals surface area contributed by atoms with Crippen LogP contribution in [0.5, 0.6) is 11.5 Å². The number of phenolic OH excluding ortho intramolecular Hbond substituents is 1. The molecule has 1 amide bonds. The van der Waals surface area contributed by atoms with E-state index in [2.05, 4.69) is 10.1 Å². The maximum Gasteiger partial charge on any atom is 0.573 e. The number of ether oxygens (including phenoxy) is 1. The smallest absolute Gasteiger partial charge is 0.507 e. The van der Waals surface area contributed by atoms with Gasteiger partial charge in [0.2, 0.25) is 5.91 Å². The predicted molar refractivity (Wildman–Crippen MR) is 108 cm³/mol. The number of carbonyl (C=O) groups excluding carboxylic acids is 1. The van der Waals surface area contributed by atoms with Gasteiger partial charge in [0.25, 0.3) is 0 Å². The number of alkyl halides is 3. The maximum absolute atomic E-state index is 12.6. The topological polar surface area (TPSA) is 92.7 Å². The number of halogens is 3. The molecule has 0 aliphatic heterocycles. The summed E-state index contributed by atoms with van der Waals surface area (Å²) >= 11 is 0. The highest BCUT2D eigenvalue weighted by Gasteiger charge is 2.31. The van der Waals surface area contributed by atoms with Gasteiger partial charge in [-0.15, -0.1) is 13.2 Å². The highest BCUT2D eigenvalue weighted by Crippen LogP contribution is 2.37. The van der Waals surface area contributed by atoms with Crippen LogP contribution in [-0.4, -0.2) is 32.0 Å². The summed E-state index contributed by atoms with van der Waals surface area (Å²) in [5.74, 6) is -1.02. The second kappa shape index (κ2) is 8.78. The van der Waals surface area contributed by atoms with Crippen LogP contribution < -0.4 is 10.1 Å². The van der Waals surface area contributed by atoms with Crippen molar-refractivity contribution in [3.63, 3.8) is 0 Å². The fraction of sp³-hybridized carbons (Fsp3) is 0.381. The van der Waals surface area contributed by atoms with Crippen LogP contribution in [-0.2, 0) is 14.6 Å². The Morgan fingerprint density at radius 3 is 2.23 bits per heavy atom. The van der Waals surface area contributed by atoms with E-state index in [1.165, 1.54) is 30.3 Å². The van der Waals surface area contributed by atoms with Crippen molar-refractivity contribution in [3.8, 4) is 11.5 Å². The van der Waals surface area contributed by atoms with Crippen molar-refractivity contribution in [1.82, 2.24) is 0 Å². The van der Waals surface area contributed by atoms with Gasteiger partial charge in [0.1, 0.15) is 16.4 Å². The molecule has 0 spiro atoms. The summed E-state index contributed by atoms with van der Waals surface area (Å²) in [7, 11) is -3.64. The van der Waals surface area contributed by atoms with Crippen LogP contribution in [0.2, 0.25) is 0 Å². The van der Waals surface area contributed by atoms with Crippen molar-refractivity contribution in [1.29, 1.82) is 0 Å². The van der Waals surface area contributed by atoms with E-state index in [1.807, 2.05) is 0 Å². The lowest BCUT2D eigenvalue weighted by Crippen LogP contribution is -2.26. The Kier molecular flexibility index (Phi) is 6.49. The van der Waals surface area contributed by atoms with E-state index >= 15 is 0 Å². The van der Waals surface area contributed by atoms with E-state index in [0.717, 1.165) is 11.8 Å². The number of nitrogens with one attached hydrogen (secondary N) is 1. The summed E-state index contributed by atoms with van der Waals surface area (Å²) in [4.78, 5) is 12.3. The molecule has 1 aliphatic carbocycles. The Hall–Kier alpha value is -2.75. The normalized spacial score (nSPS) is 19.6. The maximum atomic E-state index is 12.6. The third-order valence-corrected chi connectivity index (χ3v) is 6.44. The van der Waals surface area contributed by atoms with Crippen molar-refractivity contribution in [3.05, 3.63) is 48.0 Å². The van der Waals surface area contributed by atoms with Gasteiger partial charge in [0, 0.05) is 17.9 Å². The number of benzene rings is 2. The fourth-order valence-electron chi connectivity index (χ4n) is 3.76. The van der Waals surface area contributed by atoms with Gasteiger partial charge in [0.15, 0.2) is 9.84 Å². The van der Waals surface area contributed by atoms with Crippen LogP contribution in [0.1, 0.15) is 37.2 Å². The SMILES string of the molecule is CS(=O)(=O)c1cc(NC(=O)[C@H]2CC[C@H](c3ccc(OC(F)(F)F)cc3)CC2)ccc1O. The molecule has 1 aliphatic rings. The first-order valence-electron chi connectivity index (χ1n) is 9.62. The Bertz CT molecular complexity index is 1040. The van der Waals surface area contributed by atoms with E-state index in [-0.39, 0.29) is 39.8 Å². The largest absolute Gasteiger partial charge is 0.573 e. The van der Waals surface area contributed by atoms with E-state index in [1.54, 1.807) is 12.1 Å². The Labute approximate surface area is 178 Å². The molecule has 1 fully saturated rings. The Balaban J connectivity index is 1.58. The minimum Gasteiger partial charge on any atom is -0.507 e. The third kappa shape index (κ3) is 6.13. The summed E-state index contributed by atoms with van der Waals surface area (Å²) in [5, 5.41) is 12.4. The summed E-state index contributed by atoms with van der Waals surface area (Å²) in [6, 6.07) is 9.65. The molecule has 2 aromatic rings. The highest BCUT2D eigenvalue weighted by atomic mass is 32.2. The molecular weight excluding hydrogens is 435 g/mol. The summed E-state index contributed by atoms with van der Waals surface area (Å²) in [6.45, 7) is 0. The zero-order valence-electron chi connectivity index (χ0n) is 16.6. The van der Waals surface area contributed by atoms with Crippen LogP contribution in [0.4, 0.5) is 18.9 Å². The first-order valence-corrected chi connectivity index (χ1v) is 11.5. The zero-order valence-corrected chi connectivity index (χ0v) is 17.5. The number of aromatic hydroxyl groups is 1. The van der Waals surface area contributed by atoms with E-state index < -0.39 is 16.2 Å². The Morgan fingerprint density at radius 2 is 1.68 bits per heavy atom. The lowest BCUT2D eigenvalue weighted by Gasteiger charge is -2.28. The number of carbonyl (C=O) groups is 1. The first kappa shape index (κ1) is 22.9. The number of sulfone groups is 1. The van der Waals surface area contributed by atoms with Crippen molar-refractivity contribution in [2.75, 3.05) is 11.6 Å². The molecule has 0 saturated heterocycles. The molecule has 6 nitrogen and oxygen atoms in total. The Morgan fingerprint density at radius 1 is 1.06 bits per heavy atom. The van der Waals surface area contributed by atoms with Crippen LogP contribution in [0, 0.1) is 5.92 Å². The third-order valence-electron chi connectivity index (χ3n) is 5.31. The molecule has 0 aromatic heterocycles. The van der Waals surface area contributed by atoms with Crippen molar-refractivity contribution in [2.24, 2.45) is 5.92 Å². The van der Waals surface area contributed by atoms with Crippen molar-refractivity contribution < 1.29 is 36.2 Å². The summed E-state index contributed by atoms with van der Waals surface area (Å²) in [5.41, 5.74) is 1.18. The molecule has 31 heavy (non-hydrogen) atoms. The van der Waals surface area contributed by atoms with E-state index in [0.29, 0.717) is 25.7 Å². The van der Waals surface area contributed by atoms with Crippen molar-refractivity contribution in [2.45, 2.75) is 42.9 Å². The standard InChI is InChI=1S/C21H22F3NO5S/c1-31(28,29)19-12-16(8-11-18(19)26)25-20(27)15-4-2-13(3-5-15)14-6-9-17(10-7-14)30-21(22,23)24/h6-13,15,26H,2-5H2,1H3,(H,25,27)/t13-,15-. The lowest BCUT2D eigenvalue weighted by atomic mass is 9.78. The summed E-state index contributed by atoms with van der Waals surface area (Å²) in [6.07, 6.45) is -1.19. The van der Waals surface area contributed by atoms with E-state index in [9.17, 15) is 31.5 Å². The molecule has 0 unspecified atom stereocenters. The van der Waals surface area contributed by atoms with Gasteiger partial charge in [-0.3, -0.25) is 4.79 Å². The van der Waals surface area contributed by atoms with Gasteiger partial charge in [-0.1, -0.05) is 12.1 Å². The predicted octanol–water partition coefficient (Wildman–Crippen LogP) is 4.61. The van der Waals surface area contributed by atoms with Gasteiger partial charge in [-0.05, 0) is 67.5 Å². The van der Waals surface area contributed by atoms with Gasteiger partial charge < -0.3 is 15.2 Å². The second-order valence-electron chi connectivity index (χ2n) is 7.61. The molecule has 168 valence electrons. The van der Waals surface area contributed by atoms with Gasteiger partial charge in [-0.25, -0.2) is 8.42 Å². The minimum absolute atomic E-state index is 0.134. The van der Waals surface area contributed by atoms with Crippen molar-refractivity contribution >= 4 is 21.4 Å². The van der Waals surface area contributed by atoms with E-state index in [4.69, 9.17) is 0 Å². The van der Waals surface area contributed by atoms with Crippen LogP contribution >= 0.6 is 0 Å². The molecule has 1 saturated carbocycles. The number of amides is 1. The van der Waals surface area contributed by atoms with Crippen LogP contribution in [0.3, 0.4) is 0 Å². The molecule has 2 aromatic carbocycles. The average Bonchev–Trinajstić information content (AvgIpc) is 2.68. The number of hydrogen-bond donors (Lipinski definition) is 2. The highest BCUT2D eigenvalue weighted by molar-refractivity contribution is 7.90.